The lowest BCUT2D eigenvalue weighted by Crippen LogP contribution is -1.98. The van der Waals surface area contributed by atoms with E-state index < -0.39 is 0 Å². The van der Waals surface area contributed by atoms with Gasteiger partial charge in [0.15, 0.2) is 11.6 Å². The second kappa shape index (κ2) is 8.14. The van der Waals surface area contributed by atoms with Crippen molar-refractivity contribution < 1.29 is 4.74 Å². The number of rotatable bonds is 6. The maximum Gasteiger partial charge on any atom is 0.216 e. The molecule has 25 heavy (non-hydrogen) atoms. The van der Waals surface area contributed by atoms with Crippen LogP contribution in [0.25, 0.3) is 10.7 Å². The molecule has 0 amide bonds. The average molecular weight is 413 g/mol. The van der Waals surface area contributed by atoms with Crippen LogP contribution in [0.2, 0.25) is 10.0 Å². The van der Waals surface area contributed by atoms with Gasteiger partial charge in [-0.05, 0) is 47.8 Å². The van der Waals surface area contributed by atoms with E-state index in [0.717, 1.165) is 16.9 Å². The van der Waals surface area contributed by atoms with Crippen LogP contribution in [0, 0.1) is 4.77 Å². The molecule has 0 unspecified atom stereocenters. The van der Waals surface area contributed by atoms with Crippen LogP contribution in [0.5, 0.6) is 5.75 Å². The molecule has 0 radical (unpaired) electrons. The largest absolute Gasteiger partial charge is 0.490 e. The van der Waals surface area contributed by atoms with Crippen LogP contribution in [-0.4, -0.2) is 27.7 Å². The highest BCUT2D eigenvalue weighted by Gasteiger charge is 2.11. The lowest BCUT2D eigenvalue weighted by molar-refractivity contribution is 0.318. The van der Waals surface area contributed by atoms with Crippen LogP contribution in [0.3, 0.4) is 0 Å². The monoisotopic (exact) mass is 412 g/mol. The van der Waals surface area contributed by atoms with Crippen molar-refractivity contribution in [1.29, 1.82) is 0 Å². The van der Waals surface area contributed by atoms with Crippen LogP contribution in [0.4, 0.5) is 0 Å². The summed E-state index contributed by atoms with van der Waals surface area (Å²) in [6.07, 6.45) is 2.50. The van der Waals surface area contributed by atoms with Gasteiger partial charge in [-0.25, -0.2) is 5.10 Å². The minimum atomic E-state index is 0.403. The summed E-state index contributed by atoms with van der Waals surface area (Å²) in [5.41, 5.74) is 0.735. The van der Waals surface area contributed by atoms with Gasteiger partial charge in [0.2, 0.25) is 4.77 Å². The highest BCUT2D eigenvalue weighted by Crippen LogP contribution is 2.34. The van der Waals surface area contributed by atoms with Crippen molar-refractivity contribution in [2.24, 2.45) is 5.10 Å². The van der Waals surface area contributed by atoms with E-state index in [4.69, 9.17) is 40.2 Å². The molecule has 1 N–H and O–H groups in total. The number of ether oxygens (including phenoxy) is 1. The smallest absolute Gasteiger partial charge is 0.216 e. The average Bonchev–Trinajstić information content (AvgIpc) is 3.22. The molecule has 0 saturated heterocycles. The van der Waals surface area contributed by atoms with Crippen LogP contribution >= 0.6 is 46.8 Å². The zero-order valence-electron chi connectivity index (χ0n) is 13.2. The molecule has 2 aromatic heterocycles. The fourth-order valence-corrected chi connectivity index (χ4v) is 3.58. The number of halogens is 2. The first-order chi connectivity index (χ1) is 12.1. The van der Waals surface area contributed by atoms with Crippen molar-refractivity contribution in [1.82, 2.24) is 14.9 Å². The van der Waals surface area contributed by atoms with Gasteiger partial charge < -0.3 is 4.74 Å². The van der Waals surface area contributed by atoms with Gasteiger partial charge in [0.05, 0.1) is 27.7 Å². The van der Waals surface area contributed by atoms with Gasteiger partial charge in [-0.2, -0.15) is 14.9 Å². The van der Waals surface area contributed by atoms with Crippen LogP contribution in [-0.2, 0) is 0 Å². The standard InChI is InChI=1S/C16H14Cl2N4OS2/c1-2-5-23-14-11(17)7-10(8-12(14)18)9-19-22-15(20-21-16(22)24)13-4-3-6-25-13/h3-4,6-9H,2,5H2,1H3,(H,21,24)/b19-9-. The van der Waals surface area contributed by atoms with Gasteiger partial charge in [0, 0.05) is 0 Å². The molecule has 0 atom stereocenters. The number of nitrogens with one attached hydrogen (secondary N) is 1. The maximum absolute atomic E-state index is 6.26. The Morgan fingerprint density at radius 1 is 1.40 bits per heavy atom. The Morgan fingerprint density at radius 3 is 2.80 bits per heavy atom. The topological polar surface area (TPSA) is 55.2 Å². The van der Waals surface area contributed by atoms with E-state index >= 15 is 0 Å². The predicted molar refractivity (Wildman–Crippen MR) is 106 cm³/mol. The summed E-state index contributed by atoms with van der Waals surface area (Å²) in [5, 5.41) is 14.2. The molecule has 0 aliphatic carbocycles. The van der Waals surface area contributed by atoms with Gasteiger partial charge in [-0.15, -0.1) is 11.3 Å². The highest BCUT2D eigenvalue weighted by atomic mass is 35.5. The normalized spacial score (nSPS) is 11.3. The summed E-state index contributed by atoms with van der Waals surface area (Å²) in [7, 11) is 0. The zero-order chi connectivity index (χ0) is 17.8. The van der Waals surface area contributed by atoms with Gasteiger partial charge in [0.1, 0.15) is 0 Å². The van der Waals surface area contributed by atoms with Crippen LogP contribution < -0.4 is 4.74 Å². The Balaban J connectivity index is 1.91. The van der Waals surface area contributed by atoms with Crippen molar-refractivity contribution in [3.63, 3.8) is 0 Å². The van der Waals surface area contributed by atoms with Crippen molar-refractivity contribution in [2.75, 3.05) is 6.61 Å². The quantitative estimate of drug-likeness (QED) is 0.420. The predicted octanol–water partition coefficient (Wildman–Crippen LogP) is 5.65. The number of thiophene rings is 1. The second-order valence-corrected chi connectivity index (χ2v) is 7.20. The molecule has 3 rings (SSSR count). The van der Waals surface area contributed by atoms with Crippen LogP contribution in [0.15, 0.2) is 34.7 Å². The lowest BCUT2D eigenvalue weighted by atomic mass is 10.2. The summed E-state index contributed by atoms with van der Waals surface area (Å²) in [4.78, 5) is 0.962. The molecule has 0 aliphatic rings. The molecule has 9 heteroatoms. The van der Waals surface area contributed by atoms with Crippen molar-refractivity contribution in [3.05, 3.63) is 50.0 Å². The molecule has 2 heterocycles. The fraction of sp³-hybridized carbons (Fsp3) is 0.188. The third kappa shape index (κ3) is 4.12. The molecule has 1 aromatic carbocycles. The summed E-state index contributed by atoms with van der Waals surface area (Å²) in [6, 6.07) is 7.39. The number of hydrogen-bond acceptors (Lipinski definition) is 5. The van der Waals surface area contributed by atoms with E-state index in [1.165, 1.54) is 0 Å². The summed E-state index contributed by atoms with van der Waals surface area (Å²) in [5.74, 6) is 1.14. The van der Waals surface area contributed by atoms with E-state index in [9.17, 15) is 0 Å². The van der Waals surface area contributed by atoms with E-state index in [1.54, 1.807) is 34.4 Å². The molecule has 130 valence electrons. The van der Waals surface area contributed by atoms with E-state index in [1.807, 2.05) is 24.4 Å². The molecule has 0 fully saturated rings. The molecule has 0 spiro atoms. The molecule has 0 bridgehead atoms. The third-order valence-corrected chi connectivity index (χ3v) is 4.88. The van der Waals surface area contributed by atoms with Gasteiger partial charge in [-0.3, -0.25) is 0 Å². The van der Waals surface area contributed by atoms with Gasteiger partial charge in [-0.1, -0.05) is 36.2 Å². The molecular formula is C16H14Cl2N4OS2. The fourth-order valence-electron chi connectivity index (χ4n) is 2.08. The molecular weight excluding hydrogens is 399 g/mol. The molecule has 5 nitrogen and oxygen atoms in total. The minimum Gasteiger partial charge on any atom is -0.490 e. The number of H-pyrrole nitrogens is 1. The first-order valence-corrected chi connectivity index (χ1v) is 9.52. The first kappa shape index (κ1) is 18.1. The number of benzene rings is 1. The maximum atomic E-state index is 6.26. The number of aromatic amines is 1. The SMILES string of the molecule is CCCOc1c(Cl)cc(/C=N\n2c(-c3cccs3)n[nH]c2=S)cc1Cl. The highest BCUT2D eigenvalue weighted by molar-refractivity contribution is 7.71. The Hall–Kier alpha value is -1.67. The third-order valence-electron chi connectivity index (χ3n) is 3.19. The second-order valence-electron chi connectivity index (χ2n) is 5.05. The first-order valence-electron chi connectivity index (χ1n) is 7.47. The Labute approximate surface area is 163 Å². The number of hydrogen-bond donors (Lipinski definition) is 1. The van der Waals surface area contributed by atoms with E-state index in [-0.39, 0.29) is 0 Å². The number of nitrogens with zero attached hydrogens (tertiary/aromatic N) is 3. The lowest BCUT2D eigenvalue weighted by Gasteiger charge is -2.09. The van der Waals surface area contributed by atoms with Gasteiger partial charge >= 0.3 is 0 Å². The van der Waals surface area contributed by atoms with Crippen molar-refractivity contribution in [3.8, 4) is 16.5 Å². The summed E-state index contributed by atoms with van der Waals surface area (Å²) < 4.78 is 7.53. The Morgan fingerprint density at radius 2 is 2.16 bits per heavy atom. The number of aromatic nitrogens is 3. The Kier molecular flexibility index (Phi) is 5.90. The molecule has 0 aliphatic heterocycles. The van der Waals surface area contributed by atoms with Gasteiger partial charge in [0.25, 0.3) is 0 Å². The van der Waals surface area contributed by atoms with Crippen LogP contribution in [0.1, 0.15) is 18.9 Å². The summed E-state index contributed by atoms with van der Waals surface area (Å²) >= 11 is 19.3. The van der Waals surface area contributed by atoms with E-state index in [2.05, 4.69) is 15.3 Å². The molecule has 3 aromatic rings. The summed E-state index contributed by atoms with van der Waals surface area (Å²) in [6.45, 7) is 2.57. The van der Waals surface area contributed by atoms with Crippen molar-refractivity contribution >= 4 is 53.0 Å². The van der Waals surface area contributed by atoms with E-state index in [0.29, 0.717) is 33.0 Å². The minimum absolute atomic E-state index is 0.403. The van der Waals surface area contributed by atoms with Crippen molar-refractivity contribution in [2.45, 2.75) is 13.3 Å². The molecule has 0 saturated carbocycles. The zero-order valence-corrected chi connectivity index (χ0v) is 16.3. The Bertz CT molecular complexity index is 924.